The van der Waals surface area contributed by atoms with Gasteiger partial charge < -0.3 is 18.9 Å². The first-order valence-corrected chi connectivity index (χ1v) is 33.4. The molecule has 0 aromatic rings. The number of phosphoric ester groups is 1. The van der Waals surface area contributed by atoms with Crippen LogP contribution in [-0.2, 0) is 32.7 Å². The number of phosphoric acid groups is 1. The highest BCUT2D eigenvalue weighted by Gasteiger charge is 2.27. The van der Waals surface area contributed by atoms with Crippen molar-refractivity contribution in [3.8, 4) is 0 Å². The van der Waals surface area contributed by atoms with E-state index in [1.165, 1.54) is 205 Å². The van der Waals surface area contributed by atoms with Gasteiger partial charge in [-0.1, -0.05) is 262 Å². The molecule has 0 heterocycles. The van der Waals surface area contributed by atoms with Crippen molar-refractivity contribution in [2.24, 2.45) is 0 Å². The second-order valence-corrected chi connectivity index (χ2v) is 24.2. The minimum absolute atomic E-state index is 0.0318. The van der Waals surface area contributed by atoms with Gasteiger partial charge in [-0.2, -0.15) is 0 Å². The van der Waals surface area contributed by atoms with E-state index in [1.54, 1.807) is 0 Å². The molecule has 2 atom stereocenters. The molecule has 0 saturated carbocycles. The Balaban J connectivity index is 3.93. The molecule has 0 bridgehead atoms. The first-order valence-electron chi connectivity index (χ1n) is 31.9. The fourth-order valence-corrected chi connectivity index (χ4v) is 9.88. The summed E-state index contributed by atoms with van der Waals surface area (Å²) in [7, 11) is 1.48. The van der Waals surface area contributed by atoms with Crippen LogP contribution in [0.15, 0.2) is 48.6 Å². The summed E-state index contributed by atoms with van der Waals surface area (Å²) in [6, 6.07) is 0. The number of esters is 2. The van der Waals surface area contributed by atoms with Gasteiger partial charge in [-0.15, -0.1) is 0 Å². The van der Waals surface area contributed by atoms with E-state index < -0.39 is 26.5 Å². The molecule has 0 rings (SSSR count). The van der Waals surface area contributed by atoms with Gasteiger partial charge in [-0.25, -0.2) is 4.57 Å². The quantitative estimate of drug-likeness (QED) is 0.0211. The summed E-state index contributed by atoms with van der Waals surface area (Å²) >= 11 is 0. The first-order chi connectivity index (χ1) is 36.5. The van der Waals surface area contributed by atoms with Gasteiger partial charge in [0.25, 0.3) is 0 Å². The third-order valence-electron chi connectivity index (χ3n) is 14.1. The van der Waals surface area contributed by atoms with Gasteiger partial charge in [0, 0.05) is 12.8 Å². The predicted molar refractivity (Wildman–Crippen MR) is 321 cm³/mol. The van der Waals surface area contributed by atoms with Crippen molar-refractivity contribution in [2.75, 3.05) is 47.5 Å². The molecule has 0 radical (unpaired) electrons. The monoisotopic (exact) mass is 1080 g/mol. The highest BCUT2D eigenvalue weighted by atomic mass is 31.2. The summed E-state index contributed by atoms with van der Waals surface area (Å²) < 4.78 is 34.6. The number of hydrogen-bond acceptors (Lipinski definition) is 7. The second-order valence-electron chi connectivity index (χ2n) is 22.8. The Morgan fingerprint density at radius 1 is 0.413 bits per heavy atom. The number of nitrogens with zero attached hydrogens (tertiary/aromatic N) is 1. The number of allylic oxidation sites excluding steroid dienone is 8. The summed E-state index contributed by atoms with van der Waals surface area (Å²) in [5.41, 5.74) is 0. The van der Waals surface area contributed by atoms with Crippen LogP contribution in [0.3, 0.4) is 0 Å². The summed E-state index contributed by atoms with van der Waals surface area (Å²) in [6.07, 6.45) is 72.1. The van der Waals surface area contributed by atoms with Crippen molar-refractivity contribution in [1.82, 2.24) is 0 Å². The molecule has 0 spiro atoms. The van der Waals surface area contributed by atoms with E-state index in [4.69, 9.17) is 18.5 Å². The van der Waals surface area contributed by atoms with Crippen LogP contribution in [0.25, 0.3) is 0 Å². The van der Waals surface area contributed by atoms with Crippen molar-refractivity contribution < 1.29 is 42.1 Å². The van der Waals surface area contributed by atoms with Gasteiger partial charge in [0.05, 0.1) is 27.7 Å². The van der Waals surface area contributed by atoms with Gasteiger partial charge in [0.15, 0.2) is 6.10 Å². The topological polar surface area (TPSA) is 108 Å². The van der Waals surface area contributed by atoms with E-state index in [9.17, 15) is 19.0 Å². The Morgan fingerprint density at radius 2 is 0.720 bits per heavy atom. The summed E-state index contributed by atoms with van der Waals surface area (Å²) in [5.74, 6) is -0.795. The highest BCUT2D eigenvalue weighted by molar-refractivity contribution is 7.47. The Bertz CT molecular complexity index is 1410. The Hall–Kier alpha value is -2.03. The van der Waals surface area contributed by atoms with Crippen LogP contribution >= 0.6 is 7.82 Å². The van der Waals surface area contributed by atoms with Gasteiger partial charge in [-0.05, 0) is 77.0 Å². The summed E-state index contributed by atoms with van der Waals surface area (Å²) in [6.45, 7) is 4.43. The third kappa shape index (κ3) is 61.1. The smallest absolute Gasteiger partial charge is 0.462 e. The number of unbranched alkanes of at least 4 members (excludes halogenated alkanes) is 37. The van der Waals surface area contributed by atoms with Crippen LogP contribution < -0.4 is 0 Å². The van der Waals surface area contributed by atoms with Crippen LogP contribution in [0.5, 0.6) is 0 Å². The van der Waals surface area contributed by atoms with Gasteiger partial charge in [0.1, 0.15) is 19.8 Å². The zero-order valence-electron chi connectivity index (χ0n) is 50.0. The number of carbonyl (C=O) groups excluding carboxylic acids is 2. The second kappa shape index (κ2) is 56.7. The largest absolute Gasteiger partial charge is 0.472 e. The van der Waals surface area contributed by atoms with E-state index in [-0.39, 0.29) is 32.0 Å². The lowest BCUT2D eigenvalue weighted by Gasteiger charge is -2.24. The molecule has 0 aliphatic carbocycles. The standard InChI is InChI=1S/C65H122NO8P/c1-6-8-10-12-14-16-18-20-22-23-24-25-26-27-28-29-30-31-32-33-34-35-36-37-38-39-40-41-42-43-44-46-48-50-52-54-56-58-65(68)74-63(62-73-75(69,70)72-60-59-66(3,4)5)61-71-64(67)57-55-53-51-49-47-45-21-19-17-15-13-11-9-7-2/h18-21,23-24,26-27,63H,6-17,22,25,28-62H2,1-5H3/p+1/b20-18-,21-19-,24-23-,27-26-. The van der Waals surface area contributed by atoms with Crippen LogP contribution in [0.2, 0.25) is 0 Å². The molecule has 0 aliphatic heterocycles. The van der Waals surface area contributed by atoms with Crippen LogP contribution in [0, 0.1) is 0 Å². The van der Waals surface area contributed by atoms with E-state index >= 15 is 0 Å². The molecule has 0 amide bonds. The fourth-order valence-electron chi connectivity index (χ4n) is 9.14. The molecular formula is C65H123NO8P+. The maximum Gasteiger partial charge on any atom is 0.472 e. The van der Waals surface area contributed by atoms with Crippen molar-refractivity contribution >= 4 is 19.8 Å². The molecule has 0 fully saturated rings. The Kier molecular flexibility index (Phi) is 55.1. The van der Waals surface area contributed by atoms with Gasteiger partial charge in [0.2, 0.25) is 0 Å². The van der Waals surface area contributed by atoms with Crippen molar-refractivity contribution in [1.29, 1.82) is 0 Å². The average molecular weight is 1080 g/mol. The summed E-state index contributed by atoms with van der Waals surface area (Å²) in [4.78, 5) is 35.7. The van der Waals surface area contributed by atoms with Crippen LogP contribution in [0.1, 0.15) is 303 Å². The molecule has 0 aliphatic rings. The molecule has 0 aromatic carbocycles. The predicted octanol–water partition coefficient (Wildman–Crippen LogP) is 20.1. The highest BCUT2D eigenvalue weighted by Crippen LogP contribution is 2.43. The number of ether oxygens (including phenoxy) is 2. The minimum Gasteiger partial charge on any atom is -0.462 e. The zero-order chi connectivity index (χ0) is 54.9. The zero-order valence-corrected chi connectivity index (χ0v) is 50.9. The SMILES string of the molecule is CCCCCCC/C=C\C/C=C\C/C=C\CCCCCCCCCCCCCCCCCCCCCCCCC(=O)OC(COC(=O)CCCCCCC/C=C\CCCCCCC)COP(=O)(O)OCC[N+](C)(C)C. The number of hydrogen-bond donors (Lipinski definition) is 1. The Labute approximate surface area is 464 Å². The fraction of sp³-hybridized carbons (Fsp3) is 0.846. The van der Waals surface area contributed by atoms with Crippen molar-refractivity contribution in [3.05, 3.63) is 48.6 Å². The summed E-state index contributed by atoms with van der Waals surface area (Å²) in [5, 5.41) is 0. The van der Waals surface area contributed by atoms with Crippen LogP contribution in [-0.4, -0.2) is 74.9 Å². The molecule has 10 heteroatoms. The molecular weight excluding hydrogens is 954 g/mol. The van der Waals surface area contributed by atoms with Crippen molar-refractivity contribution in [2.45, 2.75) is 309 Å². The first kappa shape index (κ1) is 73.0. The van der Waals surface area contributed by atoms with Gasteiger partial charge >= 0.3 is 19.8 Å². The average Bonchev–Trinajstić information content (AvgIpc) is 3.37. The molecule has 1 N–H and O–H groups in total. The minimum atomic E-state index is -4.38. The number of carbonyl (C=O) groups is 2. The maximum absolute atomic E-state index is 12.8. The number of likely N-dealkylation sites (N-methyl/N-ethyl adjacent to an activating group) is 1. The molecule has 0 aromatic heterocycles. The lowest BCUT2D eigenvalue weighted by atomic mass is 10.0. The van der Waals surface area contributed by atoms with E-state index in [0.29, 0.717) is 17.4 Å². The number of quaternary nitrogens is 1. The van der Waals surface area contributed by atoms with Crippen molar-refractivity contribution in [3.63, 3.8) is 0 Å². The lowest BCUT2D eigenvalue weighted by molar-refractivity contribution is -0.870. The van der Waals surface area contributed by atoms with Gasteiger partial charge in [-0.3, -0.25) is 18.6 Å². The van der Waals surface area contributed by atoms with E-state index in [0.717, 1.165) is 64.2 Å². The third-order valence-corrected chi connectivity index (χ3v) is 15.1. The number of rotatable bonds is 59. The molecule has 0 saturated heterocycles. The van der Waals surface area contributed by atoms with E-state index in [2.05, 4.69) is 62.5 Å². The molecule has 9 nitrogen and oxygen atoms in total. The Morgan fingerprint density at radius 3 is 1.08 bits per heavy atom. The van der Waals surface area contributed by atoms with Crippen LogP contribution in [0.4, 0.5) is 0 Å². The maximum atomic E-state index is 12.8. The molecule has 75 heavy (non-hydrogen) atoms. The lowest BCUT2D eigenvalue weighted by Crippen LogP contribution is -2.37. The van der Waals surface area contributed by atoms with E-state index in [1.807, 2.05) is 21.1 Å². The molecule has 2 unspecified atom stereocenters. The molecule has 440 valence electrons. The normalized spacial score (nSPS) is 13.5.